The number of fused-ring (bicyclic) bond motifs is 9. The van der Waals surface area contributed by atoms with Crippen LogP contribution in [0.3, 0.4) is 0 Å². The number of benzene rings is 10. The SMILES string of the molecule is Cc1ccc(N(c2cc3c4c(c2)N(c2ccc(C(C)(C)C)cc2-c2ccccc2)c2c(ccc5c2oc2ccccc25)B4c2cc(-c4ccccc4C)ccc2N3c2cc3c(cc2C)C(C)(C)CCC3(C)C)c2ccccc2C)cc1. The molecular weight excluding hydrogens is 982 g/mol. The Hall–Kier alpha value is -8.54. The van der Waals surface area contributed by atoms with Gasteiger partial charge in [0, 0.05) is 50.5 Å². The van der Waals surface area contributed by atoms with Crippen LogP contribution in [0.1, 0.15) is 100 Å². The fraction of sp³-hybridized carbons (Fsp3) is 0.211. The topological polar surface area (TPSA) is 22.9 Å². The largest absolute Gasteiger partial charge is 0.454 e. The van der Waals surface area contributed by atoms with Crippen molar-refractivity contribution in [2.75, 3.05) is 14.7 Å². The minimum atomic E-state index is -0.184. The predicted molar refractivity (Wildman–Crippen MR) is 346 cm³/mol. The van der Waals surface area contributed by atoms with Crippen molar-refractivity contribution in [2.45, 2.75) is 105 Å². The van der Waals surface area contributed by atoms with Crippen LogP contribution < -0.4 is 31.1 Å². The summed E-state index contributed by atoms with van der Waals surface area (Å²) in [5.41, 5.74) is 29.5. The highest BCUT2D eigenvalue weighted by atomic mass is 16.3. The van der Waals surface area contributed by atoms with Crippen LogP contribution in [0.4, 0.5) is 51.2 Å². The van der Waals surface area contributed by atoms with Crippen LogP contribution in [0.5, 0.6) is 0 Å². The molecule has 0 bridgehead atoms. The smallest absolute Gasteiger partial charge is 0.252 e. The lowest BCUT2D eigenvalue weighted by Crippen LogP contribution is -2.61. The van der Waals surface area contributed by atoms with Crippen molar-refractivity contribution in [1.29, 1.82) is 0 Å². The lowest BCUT2D eigenvalue weighted by atomic mass is 9.33. The van der Waals surface area contributed by atoms with Crippen molar-refractivity contribution in [3.8, 4) is 22.3 Å². The third-order valence-corrected chi connectivity index (χ3v) is 18.5. The van der Waals surface area contributed by atoms with Gasteiger partial charge in [-0.1, -0.05) is 194 Å². The number of hydrogen-bond donors (Lipinski definition) is 0. The molecule has 5 heteroatoms. The van der Waals surface area contributed by atoms with Crippen LogP contribution in [0.2, 0.25) is 0 Å². The van der Waals surface area contributed by atoms with Crippen molar-refractivity contribution >= 4 is 96.2 Å². The van der Waals surface area contributed by atoms with Crippen LogP contribution in [0.25, 0.3) is 44.2 Å². The lowest BCUT2D eigenvalue weighted by Gasteiger charge is -2.47. The number of aryl methyl sites for hydroxylation is 4. The van der Waals surface area contributed by atoms with E-state index in [0.29, 0.717) is 0 Å². The summed E-state index contributed by atoms with van der Waals surface area (Å²) in [7, 11) is 0. The number of furan rings is 1. The molecule has 398 valence electrons. The van der Waals surface area contributed by atoms with Crippen molar-refractivity contribution in [3.05, 3.63) is 239 Å². The van der Waals surface area contributed by atoms with Gasteiger partial charge in [0.25, 0.3) is 6.71 Å². The van der Waals surface area contributed by atoms with Crippen LogP contribution >= 0.6 is 0 Å². The van der Waals surface area contributed by atoms with Gasteiger partial charge in [-0.05, 0) is 184 Å². The van der Waals surface area contributed by atoms with Crippen LogP contribution in [0.15, 0.2) is 205 Å². The maximum Gasteiger partial charge on any atom is 0.252 e. The minimum Gasteiger partial charge on any atom is -0.454 e. The van der Waals surface area contributed by atoms with Gasteiger partial charge in [0.1, 0.15) is 5.58 Å². The summed E-state index contributed by atoms with van der Waals surface area (Å²) >= 11 is 0. The second kappa shape index (κ2) is 18.5. The van der Waals surface area contributed by atoms with Gasteiger partial charge in [0.2, 0.25) is 0 Å². The zero-order valence-electron chi connectivity index (χ0n) is 48.8. The van der Waals surface area contributed by atoms with E-state index in [1.165, 1.54) is 83.4 Å². The van der Waals surface area contributed by atoms with Crippen LogP contribution in [-0.4, -0.2) is 6.71 Å². The highest BCUT2D eigenvalue weighted by Gasteiger charge is 2.47. The molecule has 0 atom stereocenters. The van der Waals surface area contributed by atoms with Crippen molar-refractivity contribution in [3.63, 3.8) is 0 Å². The molecular formula is C76H70BN3O. The number of rotatable bonds is 7. The molecule has 0 N–H and O–H groups in total. The standard InChI is InChI=1S/C76H70BN3O/c1-47-29-33-54(34-30-47)78(64-27-19-16-22-49(64)3)55-44-68-71-69(45-55)80(65-38-32-53(74(5,6)7)43-59(65)51-23-13-12-14-24-51)72-62(36-35-58-57-26-18-20-28-70(57)81-73(58)72)77(71)63-42-52(56-25-17-15-21-48(56)2)31-37-66(63)79(68)67-46-61-60(41-50(67)4)75(8,9)39-40-76(61,10)11/h12-38,41-46H,39-40H2,1-11H3. The molecule has 0 amide bonds. The van der Waals surface area contributed by atoms with Crippen molar-refractivity contribution < 1.29 is 4.42 Å². The molecule has 0 saturated carbocycles. The Morgan fingerprint density at radius 3 is 1.85 bits per heavy atom. The zero-order valence-corrected chi connectivity index (χ0v) is 48.8. The monoisotopic (exact) mass is 1050 g/mol. The molecule has 11 aromatic rings. The fourth-order valence-electron chi connectivity index (χ4n) is 13.9. The number of anilines is 9. The second-order valence-electron chi connectivity index (χ2n) is 25.8. The third kappa shape index (κ3) is 8.09. The number of nitrogens with zero attached hydrogens (tertiary/aromatic N) is 3. The summed E-state index contributed by atoms with van der Waals surface area (Å²) < 4.78 is 7.36. The number of para-hydroxylation sites is 2. The summed E-state index contributed by atoms with van der Waals surface area (Å²) in [5.74, 6) is 0. The summed E-state index contributed by atoms with van der Waals surface area (Å²) in [6, 6.07) is 75.9. The highest BCUT2D eigenvalue weighted by molar-refractivity contribution is 7.00. The molecule has 0 saturated heterocycles. The first kappa shape index (κ1) is 50.7. The van der Waals surface area contributed by atoms with Gasteiger partial charge in [0.05, 0.1) is 17.1 Å². The summed E-state index contributed by atoms with van der Waals surface area (Å²) in [5, 5.41) is 2.21. The predicted octanol–water partition coefficient (Wildman–Crippen LogP) is 19.4. The molecule has 0 unspecified atom stereocenters. The Morgan fingerprint density at radius 1 is 0.469 bits per heavy atom. The first-order chi connectivity index (χ1) is 38.9. The first-order valence-electron chi connectivity index (χ1n) is 29.2. The molecule has 1 aliphatic carbocycles. The quantitative estimate of drug-likeness (QED) is 0.148. The van der Waals surface area contributed by atoms with Crippen molar-refractivity contribution in [1.82, 2.24) is 0 Å². The van der Waals surface area contributed by atoms with Gasteiger partial charge < -0.3 is 19.1 Å². The van der Waals surface area contributed by atoms with E-state index in [2.05, 4.69) is 291 Å². The Kier molecular flexibility index (Phi) is 11.6. The summed E-state index contributed by atoms with van der Waals surface area (Å²) in [6.45, 7) is 25.6. The Morgan fingerprint density at radius 2 is 1.12 bits per heavy atom. The maximum absolute atomic E-state index is 7.36. The van der Waals surface area contributed by atoms with Crippen LogP contribution in [-0.2, 0) is 16.2 Å². The van der Waals surface area contributed by atoms with E-state index in [0.717, 1.165) is 80.2 Å². The highest BCUT2D eigenvalue weighted by Crippen LogP contribution is 2.55. The average molecular weight is 1050 g/mol. The van der Waals surface area contributed by atoms with Gasteiger partial charge in [-0.2, -0.15) is 0 Å². The molecule has 0 radical (unpaired) electrons. The summed E-state index contributed by atoms with van der Waals surface area (Å²) in [4.78, 5) is 7.77. The van der Waals surface area contributed by atoms with Gasteiger partial charge >= 0.3 is 0 Å². The second-order valence-corrected chi connectivity index (χ2v) is 25.8. The van der Waals surface area contributed by atoms with E-state index in [-0.39, 0.29) is 23.0 Å². The molecule has 81 heavy (non-hydrogen) atoms. The molecule has 10 aromatic carbocycles. The third-order valence-electron chi connectivity index (χ3n) is 18.5. The zero-order chi connectivity index (χ0) is 55.9. The van der Waals surface area contributed by atoms with E-state index in [1.54, 1.807) is 0 Å². The van der Waals surface area contributed by atoms with Gasteiger partial charge in [-0.25, -0.2) is 0 Å². The molecule has 3 heterocycles. The Balaban J connectivity index is 1.18. The minimum absolute atomic E-state index is 0.0156. The number of hydrogen-bond acceptors (Lipinski definition) is 4. The van der Waals surface area contributed by atoms with Gasteiger partial charge in [0.15, 0.2) is 5.58 Å². The summed E-state index contributed by atoms with van der Waals surface area (Å²) in [6.07, 6.45) is 2.28. The van der Waals surface area contributed by atoms with E-state index in [9.17, 15) is 0 Å². The molecule has 2 aliphatic heterocycles. The molecule has 0 spiro atoms. The van der Waals surface area contributed by atoms with E-state index in [1.807, 2.05) is 0 Å². The van der Waals surface area contributed by atoms with Gasteiger partial charge in [-0.3, -0.25) is 0 Å². The van der Waals surface area contributed by atoms with E-state index >= 15 is 0 Å². The van der Waals surface area contributed by atoms with Gasteiger partial charge in [-0.15, -0.1) is 0 Å². The first-order valence-corrected chi connectivity index (χ1v) is 29.2. The Bertz CT molecular complexity index is 4350. The van der Waals surface area contributed by atoms with Crippen molar-refractivity contribution in [2.24, 2.45) is 0 Å². The van der Waals surface area contributed by atoms with E-state index < -0.39 is 0 Å². The van der Waals surface area contributed by atoms with E-state index in [4.69, 9.17) is 4.42 Å². The molecule has 14 rings (SSSR count). The lowest BCUT2D eigenvalue weighted by molar-refractivity contribution is 0.332. The fourth-order valence-corrected chi connectivity index (χ4v) is 13.9. The Labute approximate surface area is 479 Å². The average Bonchev–Trinajstić information content (AvgIpc) is 2.31. The molecule has 1 aromatic heterocycles. The van der Waals surface area contributed by atoms with Crippen LogP contribution in [0, 0.1) is 27.7 Å². The maximum atomic E-state index is 7.36. The normalized spacial score (nSPS) is 14.9. The molecule has 0 fully saturated rings. The molecule has 4 nitrogen and oxygen atoms in total. The molecule has 3 aliphatic rings.